The molecule has 1 N–H and O–H groups in total. The van der Waals surface area contributed by atoms with Gasteiger partial charge in [-0.25, -0.2) is 5.43 Å². The Labute approximate surface area is 185 Å². The zero-order valence-electron chi connectivity index (χ0n) is 17.9. The van der Waals surface area contributed by atoms with Gasteiger partial charge in [-0.2, -0.15) is 5.10 Å². The summed E-state index contributed by atoms with van der Waals surface area (Å²) in [6.45, 7) is 8.33. The summed E-state index contributed by atoms with van der Waals surface area (Å²) in [5, 5.41) is 4.20. The molecule has 0 fully saturated rings. The number of para-hydroxylation sites is 1. The van der Waals surface area contributed by atoms with Crippen LogP contribution in [0.5, 0.6) is 0 Å². The van der Waals surface area contributed by atoms with Gasteiger partial charge in [0.2, 0.25) is 0 Å². The molecular weight excluding hydrogens is 442 g/mol. The average molecular weight is 468 g/mol. The van der Waals surface area contributed by atoms with Gasteiger partial charge in [0.05, 0.1) is 11.9 Å². The number of nitrogens with one attached hydrogen (secondary N) is 1. The van der Waals surface area contributed by atoms with Crippen LogP contribution in [-0.4, -0.2) is 23.8 Å². The standard InChI is InChI=1S/C24H26BrN3O2/c1-15-10-9-11-16(2)22(15)28-17(3)20(21(25)18(28)4)14-26-27-24(29)23(30-5)19-12-7-6-8-13-19/h6-14,23H,1-5H3,(H,27,29)/b26-14-/t23-/m0/s1. The highest BCUT2D eigenvalue weighted by molar-refractivity contribution is 9.10. The third-order valence-corrected chi connectivity index (χ3v) is 6.22. The molecule has 156 valence electrons. The number of rotatable bonds is 6. The molecule has 0 aliphatic heterocycles. The number of halogens is 1. The molecule has 1 amide bonds. The van der Waals surface area contributed by atoms with Crippen molar-refractivity contribution in [3.8, 4) is 5.69 Å². The molecule has 3 aromatic rings. The van der Waals surface area contributed by atoms with Gasteiger partial charge in [-0.1, -0.05) is 48.5 Å². The van der Waals surface area contributed by atoms with Crippen LogP contribution in [0.4, 0.5) is 0 Å². The second kappa shape index (κ2) is 9.41. The van der Waals surface area contributed by atoms with Crippen LogP contribution in [0.15, 0.2) is 58.1 Å². The molecule has 1 atom stereocenters. The van der Waals surface area contributed by atoms with Crippen molar-refractivity contribution in [3.05, 3.63) is 86.6 Å². The minimum Gasteiger partial charge on any atom is -0.367 e. The maximum atomic E-state index is 12.6. The fourth-order valence-corrected chi connectivity index (χ4v) is 4.28. The van der Waals surface area contributed by atoms with Gasteiger partial charge in [0.1, 0.15) is 0 Å². The highest BCUT2D eigenvalue weighted by Crippen LogP contribution is 2.32. The van der Waals surface area contributed by atoms with Crippen molar-refractivity contribution in [2.24, 2.45) is 5.10 Å². The molecule has 5 nitrogen and oxygen atoms in total. The number of hydrazone groups is 1. The Bertz CT molecular complexity index is 1070. The van der Waals surface area contributed by atoms with Gasteiger partial charge >= 0.3 is 0 Å². The summed E-state index contributed by atoms with van der Waals surface area (Å²) < 4.78 is 8.53. The van der Waals surface area contributed by atoms with Gasteiger partial charge in [0.25, 0.3) is 5.91 Å². The zero-order chi connectivity index (χ0) is 21.8. The van der Waals surface area contributed by atoms with Crippen molar-refractivity contribution in [2.75, 3.05) is 7.11 Å². The minimum atomic E-state index is -0.714. The molecule has 3 rings (SSSR count). The lowest BCUT2D eigenvalue weighted by atomic mass is 10.1. The van der Waals surface area contributed by atoms with Gasteiger partial charge in [-0.15, -0.1) is 0 Å². The first-order chi connectivity index (χ1) is 14.4. The number of benzene rings is 2. The van der Waals surface area contributed by atoms with E-state index in [0.29, 0.717) is 0 Å². The number of nitrogens with zero attached hydrogens (tertiary/aromatic N) is 2. The Morgan fingerprint density at radius 2 is 1.67 bits per heavy atom. The lowest BCUT2D eigenvalue weighted by molar-refractivity contribution is -0.131. The lowest BCUT2D eigenvalue weighted by Gasteiger charge is -2.15. The van der Waals surface area contributed by atoms with Gasteiger partial charge in [-0.05, 0) is 60.3 Å². The van der Waals surface area contributed by atoms with Gasteiger partial charge in [0.15, 0.2) is 6.10 Å². The SMILES string of the molecule is CO[C@H](C(=O)N/N=C\c1c(Br)c(C)n(-c2c(C)cccc2C)c1C)c1ccccc1. The fraction of sp³-hybridized carbons (Fsp3) is 0.250. The number of ether oxygens (including phenoxy) is 1. The Balaban J connectivity index is 1.87. The van der Waals surface area contributed by atoms with E-state index in [0.717, 1.165) is 27.0 Å². The van der Waals surface area contributed by atoms with Crippen LogP contribution in [0, 0.1) is 27.7 Å². The highest BCUT2D eigenvalue weighted by Gasteiger charge is 2.20. The van der Waals surface area contributed by atoms with E-state index < -0.39 is 6.10 Å². The van der Waals surface area contributed by atoms with Crippen molar-refractivity contribution in [1.29, 1.82) is 0 Å². The predicted octanol–water partition coefficient (Wildman–Crippen LogP) is 5.31. The predicted molar refractivity (Wildman–Crippen MR) is 124 cm³/mol. The molecular formula is C24H26BrN3O2. The van der Waals surface area contributed by atoms with E-state index in [1.165, 1.54) is 23.9 Å². The molecule has 0 aliphatic carbocycles. The number of hydrogen-bond acceptors (Lipinski definition) is 3. The molecule has 0 saturated carbocycles. The zero-order valence-corrected chi connectivity index (χ0v) is 19.4. The van der Waals surface area contributed by atoms with Gasteiger partial charge in [0, 0.05) is 28.5 Å². The molecule has 0 saturated heterocycles. The van der Waals surface area contributed by atoms with Crippen LogP contribution >= 0.6 is 15.9 Å². The Morgan fingerprint density at radius 1 is 1.03 bits per heavy atom. The maximum absolute atomic E-state index is 12.6. The van der Waals surface area contributed by atoms with E-state index in [2.05, 4.69) is 76.9 Å². The monoisotopic (exact) mass is 467 g/mol. The summed E-state index contributed by atoms with van der Waals surface area (Å²) in [6.07, 6.45) is 0.959. The molecule has 30 heavy (non-hydrogen) atoms. The summed E-state index contributed by atoms with van der Waals surface area (Å²) in [5.41, 5.74) is 9.99. The Kier molecular flexibility index (Phi) is 6.90. The molecule has 2 aromatic carbocycles. The number of carbonyl (C=O) groups excluding carboxylic acids is 1. The smallest absolute Gasteiger partial charge is 0.273 e. The van der Waals surface area contributed by atoms with Crippen molar-refractivity contribution < 1.29 is 9.53 Å². The summed E-state index contributed by atoms with van der Waals surface area (Å²) in [4.78, 5) is 12.6. The molecule has 0 unspecified atom stereocenters. The first kappa shape index (κ1) is 22.0. The third-order valence-electron chi connectivity index (χ3n) is 5.22. The van der Waals surface area contributed by atoms with Crippen LogP contribution in [0.1, 0.15) is 39.7 Å². The number of hydrogen-bond donors (Lipinski definition) is 1. The number of methoxy groups -OCH3 is 1. The summed E-state index contributed by atoms with van der Waals surface area (Å²) >= 11 is 3.70. The second-order valence-electron chi connectivity index (χ2n) is 7.23. The Hall–Kier alpha value is -2.70. The third kappa shape index (κ3) is 4.25. The largest absolute Gasteiger partial charge is 0.367 e. The van der Waals surface area contributed by atoms with E-state index in [-0.39, 0.29) is 5.91 Å². The van der Waals surface area contributed by atoms with Gasteiger partial charge in [-0.3, -0.25) is 4.79 Å². The second-order valence-corrected chi connectivity index (χ2v) is 8.03. The van der Waals surface area contributed by atoms with Crippen molar-refractivity contribution >= 4 is 28.1 Å². The molecule has 1 heterocycles. The minimum absolute atomic E-state index is 0.320. The molecule has 0 spiro atoms. The first-order valence-electron chi connectivity index (χ1n) is 9.71. The van der Waals surface area contributed by atoms with Crippen molar-refractivity contribution in [1.82, 2.24) is 9.99 Å². The van der Waals surface area contributed by atoms with Crippen LogP contribution in [0.3, 0.4) is 0 Å². The lowest BCUT2D eigenvalue weighted by Crippen LogP contribution is -2.26. The number of amides is 1. The quantitative estimate of drug-likeness (QED) is 0.394. The van der Waals surface area contributed by atoms with E-state index >= 15 is 0 Å². The first-order valence-corrected chi connectivity index (χ1v) is 10.5. The van der Waals surface area contributed by atoms with Crippen LogP contribution < -0.4 is 5.43 Å². The van der Waals surface area contributed by atoms with E-state index in [1.807, 2.05) is 30.3 Å². The Morgan fingerprint density at radius 3 is 2.27 bits per heavy atom. The highest BCUT2D eigenvalue weighted by atomic mass is 79.9. The number of aryl methyl sites for hydroxylation is 2. The van der Waals surface area contributed by atoms with E-state index in [9.17, 15) is 4.79 Å². The van der Waals surface area contributed by atoms with Gasteiger partial charge < -0.3 is 9.30 Å². The molecule has 6 heteroatoms. The van der Waals surface area contributed by atoms with E-state index in [1.54, 1.807) is 6.21 Å². The number of aromatic nitrogens is 1. The van der Waals surface area contributed by atoms with Crippen LogP contribution in [0.25, 0.3) is 5.69 Å². The summed E-state index contributed by atoms with van der Waals surface area (Å²) in [6, 6.07) is 15.6. The fourth-order valence-electron chi connectivity index (χ4n) is 3.71. The average Bonchev–Trinajstić information content (AvgIpc) is 2.93. The molecule has 0 radical (unpaired) electrons. The topological polar surface area (TPSA) is 55.6 Å². The van der Waals surface area contributed by atoms with Crippen molar-refractivity contribution in [3.63, 3.8) is 0 Å². The summed E-state index contributed by atoms with van der Waals surface area (Å²) in [5.74, 6) is -0.320. The molecule has 0 bridgehead atoms. The number of carbonyl (C=O) groups is 1. The normalized spacial score (nSPS) is 12.3. The van der Waals surface area contributed by atoms with E-state index in [4.69, 9.17) is 4.74 Å². The van der Waals surface area contributed by atoms with Crippen LogP contribution in [0.2, 0.25) is 0 Å². The molecule has 1 aromatic heterocycles. The summed E-state index contributed by atoms with van der Waals surface area (Å²) in [7, 11) is 1.51. The molecule has 0 aliphatic rings. The maximum Gasteiger partial charge on any atom is 0.273 e. The van der Waals surface area contributed by atoms with Crippen molar-refractivity contribution in [2.45, 2.75) is 33.8 Å². The van der Waals surface area contributed by atoms with Crippen LogP contribution in [-0.2, 0) is 9.53 Å².